The third-order valence-electron chi connectivity index (χ3n) is 2.87. The van der Waals surface area contributed by atoms with Gasteiger partial charge in [0.25, 0.3) is 0 Å². The fourth-order valence-electron chi connectivity index (χ4n) is 2.13. The number of hydrogen-bond donors (Lipinski definition) is 0. The largest absolute Gasteiger partial charge is 0.369 e. The Morgan fingerprint density at radius 1 is 0.667 bits per heavy atom. The lowest BCUT2D eigenvalue weighted by Crippen LogP contribution is -2.38. The molecule has 1 saturated carbocycles. The average molecular weight is 362 g/mol. The highest BCUT2D eigenvalue weighted by molar-refractivity contribution is 6.64. The van der Waals surface area contributed by atoms with Gasteiger partial charge in [-0.3, -0.25) is 14.4 Å². The zero-order chi connectivity index (χ0) is 15.8. The summed E-state index contributed by atoms with van der Waals surface area (Å²) in [6, 6.07) is 0. The number of hydrogen-bond acceptors (Lipinski definition) is 6. The minimum Gasteiger partial charge on any atom is -0.369 e. The van der Waals surface area contributed by atoms with E-state index in [9.17, 15) is 14.4 Å². The summed E-state index contributed by atoms with van der Waals surface area (Å²) in [4.78, 5) is 32.2. The van der Waals surface area contributed by atoms with Crippen molar-refractivity contribution >= 4 is 50.5 Å². The van der Waals surface area contributed by atoms with Crippen LogP contribution < -0.4 is 0 Å². The molecule has 9 heteroatoms. The van der Waals surface area contributed by atoms with Crippen LogP contribution in [0.15, 0.2) is 0 Å². The van der Waals surface area contributed by atoms with Gasteiger partial charge in [-0.15, -0.1) is 0 Å². The van der Waals surface area contributed by atoms with Gasteiger partial charge in [0.1, 0.15) is 19.8 Å². The summed E-state index contributed by atoms with van der Waals surface area (Å²) in [5.74, 6) is 0. The molecule has 0 aromatic heterocycles. The van der Waals surface area contributed by atoms with Crippen molar-refractivity contribution in [1.82, 2.24) is 0 Å². The molecule has 1 aliphatic rings. The molecule has 1 fully saturated rings. The van der Waals surface area contributed by atoms with Crippen molar-refractivity contribution in [1.29, 1.82) is 0 Å². The predicted octanol–water partition coefficient (Wildman–Crippen LogP) is 1.62. The number of carbonyl (C=O) groups excluding carboxylic acids is 3. The van der Waals surface area contributed by atoms with Gasteiger partial charge in [0.2, 0.25) is 15.7 Å². The molecule has 21 heavy (non-hydrogen) atoms. The van der Waals surface area contributed by atoms with Gasteiger partial charge in [-0.05, 0) is 54.1 Å². The van der Waals surface area contributed by atoms with E-state index in [1.807, 2.05) is 0 Å². The Morgan fingerprint density at radius 2 is 0.905 bits per heavy atom. The first-order chi connectivity index (χ1) is 9.86. The monoisotopic (exact) mass is 360 g/mol. The molecule has 0 unspecified atom stereocenters. The van der Waals surface area contributed by atoms with E-state index >= 15 is 0 Å². The molecular formula is C12H15Cl3O6. The molecule has 0 saturated heterocycles. The number of rotatable bonds is 9. The Hall–Kier alpha value is -0.240. The van der Waals surface area contributed by atoms with Crippen molar-refractivity contribution in [2.24, 2.45) is 0 Å². The van der Waals surface area contributed by atoms with Crippen LogP contribution in [0.4, 0.5) is 0 Å². The van der Waals surface area contributed by atoms with Crippen molar-refractivity contribution in [3.05, 3.63) is 0 Å². The van der Waals surface area contributed by atoms with Crippen LogP contribution in [0.2, 0.25) is 0 Å². The SMILES string of the molecule is O=C(Cl)COC1CC(OCC(=O)Cl)CC(OCC(=O)Cl)C1. The van der Waals surface area contributed by atoms with Crippen molar-refractivity contribution in [3.8, 4) is 0 Å². The van der Waals surface area contributed by atoms with Gasteiger partial charge in [-0.2, -0.15) is 0 Å². The molecule has 0 radical (unpaired) electrons. The number of ether oxygens (including phenoxy) is 3. The molecule has 1 rings (SSSR count). The Kier molecular flexibility index (Phi) is 8.70. The minimum atomic E-state index is -0.609. The van der Waals surface area contributed by atoms with Gasteiger partial charge >= 0.3 is 0 Å². The number of halogens is 3. The molecule has 0 aromatic carbocycles. The van der Waals surface area contributed by atoms with Gasteiger partial charge in [-0.25, -0.2) is 0 Å². The quantitative estimate of drug-likeness (QED) is 0.581. The summed E-state index contributed by atoms with van der Waals surface area (Å²) in [6.07, 6.45) is 0.446. The normalized spacial score (nSPS) is 25.6. The van der Waals surface area contributed by atoms with E-state index in [2.05, 4.69) is 0 Å². The second-order valence-corrected chi connectivity index (χ2v) is 5.84. The summed E-state index contributed by atoms with van der Waals surface area (Å²) in [6.45, 7) is -0.683. The minimum absolute atomic E-state index is 0.228. The molecule has 0 aliphatic heterocycles. The summed E-state index contributed by atoms with van der Waals surface area (Å²) in [5.41, 5.74) is 0. The first-order valence-electron chi connectivity index (χ1n) is 6.26. The Bertz CT molecular complexity index is 326. The molecule has 6 nitrogen and oxygen atoms in total. The lowest BCUT2D eigenvalue weighted by atomic mass is 9.92. The molecule has 0 amide bonds. The smallest absolute Gasteiger partial charge is 0.247 e. The van der Waals surface area contributed by atoms with Gasteiger partial charge in [-0.1, -0.05) is 0 Å². The van der Waals surface area contributed by atoms with Crippen LogP contribution in [0.3, 0.4) is 0 Å². The van der Waals surface area contributed by atoms with Gasteiger partial charge in [0.05, 0.1) is 18.3 Å². The van der Waals surface area contributed by atoms with Crippen LogP contribution in [-0.2, 0) is 28.6 Å². The van der Waals surface area contributed by atoms with Crippen LogP contribution in [0.1, 0.15) is 19.3 Å². The molecule has 0 spiro atoms. The van der Waals surface area contributed by atoms with E-state index in [1.165, 1.54) is 0 Å². The molecule has 0 N–H and O–H groups in total. The van der Waals surface area contributed by atoms with Crippen LogP contribution in [0.5, 0.6) is 0 Å². The molecule has 0 heterocycles. The molecule has 120 valence electrons. The first-order valence-corrected chi connectivity index (χ1v) is 7.40. The molecule has 0 atom stereocenters. The van der Waals surface area contributed by atoms with Crippen LogP contribution in [0.25, 0.3) is 0 Å². The van der Waals surface area contributed by atoms with Gasteiger partial charge in [0.15, 0.2) is 0 Å². The summed E-state index contributed by atoms with van der Waals surface area (Å²) < 4.78 is 16.0. The summed E-state index contributed by atoms with van der Waals surface area (Å²) in [7, 11) is 0. The fourth-order valence-corrected chi connectivity index (χ4v) is 2.32. The van der Waals surface area contributed by atoms with Gasteiger partial charge in [0, 0.05) is 0 Å². The highest BCUT2D eigenvalue weighted by atomic mass is 35.5. The highest BCUT2D eigenvalue weighted by Crippen LogP contribution is 2.26. The van der Waals surface area contributed by atoms with Gasteiger partial charge < -0.3 is 14.2 Å². The third kappa shape index (κ3) is 8.70. The Labute approximate surface area is 136 Å². The second-order valence-electron chi connectivity index (χ2n) is 4.57. The maximum atomic E-state index is 10.7. The maximum absolute atomic E-state index is 10.7. The predicted molar refractivity (Wildman–Crippen MR) is 75.7 cm³/mol. The van der Waals surface area contributed by atoms with Crippen LogP contribution in [0, 0.1) is 0 Å². The third-order valence-corrected chi connectivity index (χ3v) is 3.20. The fraction of sp³-hybridized carbons (Fsp3) is 0.750. The summed E-state index contributed by atoms with van der Waals surface area (Å²) in [5, 5.41) is -1.83. The lowest BCUT2D eigenvalue weighted by molar-refractivity contribution is -0.134. The van der Waals surface area contributed by atoms with Crippen LogP contribution >= 0.6 is 34.8 Å². The lowest BCUT2D eigenvalue weighted by Gasteiger charge is -2.34. The van der Waals surface area contributed by atoms with Crippen molar-refractivity contribution < 1.29 is 28.6 Å². The van der Waals surface area contributed by atoms with Crippen molar-refractivity contribution in [2.75, 3.05) is 19.8 Å². The zero-order valence-electron chi connectivity index (χ0n) is 11.1. The van der Waals surface area contributed by atoms with Crippen molar-refractivity contribution in [3.63, 3.8) is 0 Å². The van der Waals surface area contributed by atoms with E-state index in [1.54, 1.807) is 0 Å². The van der Waals surface area contributed by atoms with E-state index in [-0.39, 0.29) is 38.1 Å². The highest BCUT2D eigenvalue weighted by Gasteiger charge is 2.31. The van der Waals surface area contributed by atoms with E-state index in [0.717, 1.165) is 0 Å². The molecule has 1 aliphatic carbocycles. The first kappa shape index (κ1) is 18.8. The second kappa shape index (κ2) is 9.71. The zero-order valence-corrected chi connectivity index (χ0v) is 13.3. The standard InChI is InChI=1S/C12H15Cl3O6/c13-10(16)4-19-7-1-8(20-5-11(14)17)3-9(2-7)21-6-12(15)18/h7-9H,1-6H2. The summed E-state index contributed by atoms with van der Waals surface area (Å²) >= 11 is 15.7. The maximum Gasteiger partial charge on any atom is 0.247 e. The molecular weight excluding hydrogens is 346 g/mol. The average Bonchev–Trinajstić information content (AvgIpc) is 2.40. The molecule has 0 aromatic rings. The van der Waals surface area contributed by atoms with Crippen LogP contribution in [-0.4, -0.2) is 53.9 Å². The Balaban J connectivity index is 2.52. The van der Waals surface area contributed by atoms with E-state index in [4.69, 9.17) is 49.0 Å². The Morgan fingerprint density at radius 3 is 1.10 bits per heavy atom. The topological polar surface area (TPSA) is 78.9 Å². The van der Waals surface area contributed by atoms with E-state index in [0.29, 0.717) is 19.3 Å². The van der Waals surface area contributed by atoms with E-state index < -0.39 is 15.7 Å². The number of carbonyl (C=O) groups is 3. The van der Waals surface area contributed by atoms with Crippen molar-refractivity contribution in [2.45, 2.75) is 37.6 Å². The molecule has 0 bridgehead atoms.